The zero-order valence-electron chi connectivity index (χ0n) is 22.3. The SMILES string of the molecule is CC(C)=CC(=O)N(C[C@@H]1CC[C@H]2C[C@@H]1C2(C)C)[C@@H]1C=C(C(=O)NCCO)[C@@H]2c3ccccc3O[C@@H]2[C@H]1O. The Hall–Kier alpha value is -2.64. The van der Waals surface area contributed by atoms with Gasteiger partial charge in [-0.2, -0.15) is 0 Å². The molecule has 0 aromatic heterocycles. The number of rotatable bonds is 7. The fourth-order valence-electron chi connectivity index (χ4n) is 7.31. The Morgan fingerprint density at radius 2 is 1.97 bits per heavy atom. The van der Waals surface area contributed by atoms with Crippen LogP contribution in [0.1, 0.15) is 58.4 Å². The molecule has 0 saturated heterocycles. The molecule has 6 rings (SSSR count). The molecule has 0 radical (unpaired) electrons. The molecule has 3 saturated carbocycles. The maximum atomic E-state index is 13.6. The number of para-hydroxylation sites is 1. The fourth-order valence-corrected chi connectivity index (χ4v) is 7.31. The van der Waals surface area contributed by atoms with E-state index in [9.17, 15) is 19.8 Å². The van der Waals surface area contributed by atoms with Gasteiger partial charge in [0.05, 0.1) is 18.6 Å². The van der Waals surface area contributed by atoms with Gasteiger partial charge in [0.1, 0.15) is 18.0 Å². The van der Waals surface area contributed by atoms with Gasteiger partial charge in [-0.1, -0.05) is 37.6 Å². The molecule has 37 heavy (non-hydrogen) atoms. The summed E-state index contributed by atoms with van der Waals surface area (Å²) >= 11 is 0. The minimum atomic E-state index is -0.993. The van der Waals surface area contributed by atoms with Crippen molar-refractivity contribution in [2.24, 2.45) is 23.2 Å². The van der Waals surface area contributed by atoms with E-state index in [0.717, 1.165) is 23.5 Å². The van der Waals surface area contributed by atoms with Gasteiger partial charge in [-0.25, -0.2) is 0 Å². The van der Waals surface area contributed by atoms with E-state index in [1.165, 1.54) is 12.8 Å². The number of allylic oxidation sites excluding steroid dienone is 1. The molecule has 7 heteroatoms. The molecule has 7 nitrogen and oxygen atoms in total. The highest BCUT2D eigenvalue weighted by molar-refractivity contribution is 5.96. The molecule has 2 bridgehead atoms. The number of nitrogens with one attached hydrogen (secondary N) is 1. The summed E-state index contributed by atoms with van der Waals surface area (Å²) in [5, 5.41) is 23.8. The van der Waals surface area contributed by atoms with E-state index >= 15 is 0 Å². The molecule has 3 fully saturated rings. The van der Waals surface area contributed by atoms with Crippen molar-refractivity contribution in [3.05, 3.63) is 53.1 Å². The predicted molar refractivity (Wildman–Crippen MR) is 141 cm³/mol. The van der Waals surface area contributed by atoms with E-state index in [1.807, 2.05) is 38.1 Å². The maximum Gasteiger partial charge on any atom is 0.247 e. The topological polar surface area (TPSA) is 99.1 Å². The van der Waals surface area contributed by atoms with E-state index in [0.29, 0.717) is 29.7 Å². The molecule has 4 aliphatic carbocycles. The standard InChI is InChI=1S/C30H40N2O5/c1-17(2)13-25(34)32(16-18-9-10-19-14-22(18)30(19,3)4)23-15-21(29(36)31-11-12-33)26-20-7-5-6-8-24(20)37-28(26)27(23)35/h5-8,13,15,18-19,22-23,26-28,33,35H,9-12,14,16H2,1-4H3,(H,31,36)/t18-,19-,22-,23+,26-,27-,28-/m0/s1. The molecule has 1 heterocycles. The Labute approximate surface area is 219 Å². The van der Waals surface area contributed by atoms with Crippen molar-refractivity contribution < 1.29 is 24.5 Å². The average Bonchev–Trinajstić information content (AvgIpc) is 3.26. The molecule has 0 unspecified atom stereocenters. The van der Waals surface area contributed by atoms with Crippen LogP contribution in [0.2, 0.25) is 0 Å². The summed E-state index contributed by atoms with van der Waals surface area (Å²) in [6.07, 6.45) is 5.16. The largest absolute Gasteiger partial charge is 0.486 e. The van der Waals surface area contributed by atoms with E-state index in [-0.39, 0.29) is 30.4 Å². The van der Waals surface area contributed by atoms with Crippen LogP contribution in [0.5, 0.6) is 5.75 Å². The third-order valence-corrected chi connectivity index (χ3v) is 9.36. The molecule has 7 atom stereocenters. The Morgan fingerprint density at radius 3 is 2.65 bits per heavy atom. The Morgan fingerprint density at radius 1 is 1.22 bits per heavy atom. The lowest BCUT2D eigenvalue weighted by Gasteiger charge is -2.61. The van der Waals surface area contributed by atoms with Crippen LogP contribution in [0.3, 0.4) is 0 Å². The van der Waals surface area contributed by atoms with Gasteiger partial charge in [0.25, 0.3) is 0 Å². The van der Waals surface area contributed by atoms with Gasteiger partial charge in [0, 0.05) is 30.3 Å². The number of aliphatic hydroxyl groups is 2. The quantitative estimate of drug-likeness (QED) is 0.492. The molecule has 0 spiro atoms. The number of fused-ring (bicyclic) bond motifs is 5. The van der Waals surface area contributed by atoms with E-state index in [2.05, 4.69) is 19.2 Å². The lowest BCUT2D eigenvalue weighted by atomic mass is 9.45. The van der Waals surface area contributed by atoms with Gasteiger partial charge in [-0.05, 0) is 68.4 Å². The van der Waals surface area contributed by atoms with Crippen LogP contribution in [0.25, 0.3) is 0 Å². The number of amides is 2. The highest BCUT2D eigenvalue weighted by atomic mass is 16.5. The first-order chi connectivity index (χ1) is 17.6. The van der Waals surface area contributed by atoms with Crippen LogP contribution in [-0.4, -0.2) is 64.9 Å². The van der Waals surface area contributed by atoms with Gasteiger partial charge in [-0.3, -0.25) is 9.59 Å². The smallest absolute Gasteiger partial charge is 0.247 e. The van der Waals surface area contributed by atoms with Crippen LogP contribution in [-0.2, 0) is 9.59 Å². The molecule has 3 N–H and O–H groups in total. The summed E-state index contributed by atoms with van der Waals surface area (Å²) in [6, 6.07) is 6.84. The minimum absolute atomic E-state index is 0.129. The summed E-state index contributed by atoms with van der Waals surface area (Å²) < 4.78 is 6.23. The van der Waals surface area contributed by atoms with Crippen molar-refractivity contribution in [3.8, 4) is 5.75 Å². The minimum Gasteiger partial charge on any atom is -0.486 e. The average molecular weight is 509 g/mol. The maximum absolute atomic E-state index is 13.6. The highest BCUT2D eigenvalue weighted by Crippen LogP contribution is 2.61. The summed E-state index contributed by atoms with van der Waals surface area (Å²) in [6.45, 7) is 8.97. The monoisotopic (exact) mass is 508 g/mol. The number of benzene rings is 1. The summed E-state index contributed by atoms with van der Waals surface area (Å²) in [4.78, 5) is 28.7. The highest BCUT2D eigenvalue weighted by Gasteiger charge is 2.55. The second-order valence-corrected chi connectivity index (χ2v) is 12.1. The molecule has 1 aliphatic heterocycles. The fraction of sp³-hybridized carbons (Fsp3) is 0.600. The first-order valence-electron chi connectivity index (χ1n) is 13.6. The van der Waals surface area contributed by atoms with Crippen LogP contribution in [0.4, 0.5) is 0 Å². The number of carbonyl (C=O) groups is 2. The zero-order chi connectivity index (χ0) is 26.5. The van der Waals surface area contributed by atoms with Gasteiger partial charge < -0.3 is 25.2 Å². The molecule has 1 aromatic carbocycles. The number of aliphatic hydroxyl groups excluding tert-OH is 2. The van der Waals surface area contributed by atoms with E-state index in [1.54, 1.807) is 17.1 Å². The third-order valence-electron chi connectivity index (χ3n) is 9.36. The van der Waals surface area contributed by atoms with Gasteiger partial charge >= 0.3 is 0 Å². The number of nitrogens with zero attached hydrogens (tertiary/aromatic N) is 1. The van der Waals surface area contributed by atoms with Crippen molar-refractivity contribution in [2.45, 2.75) is 71.1 Å². The van der Waals surface area contributed by atoms with Crippen LogP contribution in [0.15, 0.2) is 47.6 Å². The molecule has 5 aliphatic rings. The van der Waals surface area contributed by atoms with Crippen molar-refractivity contribution in [2.75, 3.05) is 19.7 Å². The number of hydrogen-bond acceptors (Lipinski definition) is 5. The van der Waals surface area contributed by atoms with Crippen LogP contribution < -0.4 is 10.1 Å². The Bertz CT molecular complexity index is 1120. The second kappa shape index (κ2) is 9.91. The lowest BCUT2D eigenvalue weighted by Crippen LogP contribution is -2.59. The normalized spacial score (nSPS) is 32.6. The second-order valence-electron chi connectivity index (χ2n) is 12.1. The molecular formula is C30H40N2O5. The Balaban J connectivity index is 1.52. The van der Waals surface area contributed by atoms with Crippen LogP contribution in [0, 0.1) is 23.2 Å². The van der Waals surface area contributed by atoms with Gasteiger partial charge in [0.15, 0.2) is 0 Å². The van der Waals surface area contributed by atoms with Gasteiger partial charge in [0.2, 0.25) is 11.8 Å². The first-order valence-corrected chi connectivity index (χ1v) is 13.6. The predicted octanol–water partition coefficient (Wildman–Crippen LogP) is 3.18. The van der Waals surface area contributed by atoms with Crippen molar-refractivity contribution in [1.29, 1.82) is 0 Å². The number of hydrogen-bond donors (Lipinski definition) is 3. The van der Waals surface area contributed by atoms with E-state index < -0.39 is 24.2 Å². The lowest BCUT2D eigenvalue weighted by molar-refractivity contribution is -0.142. The number of ether oxygens (including phenoxy) is 1. The molecule has 200 valence electrons. The zero-order valence-corrected chi connectivity index (χ0v) is 22.3. The molecule has 2 amide bonds. The summed E-state index contributed by atoms with van der Waals surface area (Å²) in [7, 11) is 0. The first kappa shape index (κ1) is 26.0. The van der Waals surface area contributed by atoms with Crippen LogP contribution >= 0.6 is 0 Å². The van der Waals surface area contributed by atoms with Crippen molar-refractivity contribution in [3.63, 3.8) is 0 Å². The summed E-state index contributed by atoms with van der Waals surface area (Å²) in [5.41, 5.74) is 2.49. The third kappa shape index (κ3) is 4.50. The Kier molecular flexibility index (Phi) is 6.96. The van der Waals surface area contributed by atoms with E-state index in [4.69, 9.17) is 4.74 Å². The number of carbonyl (C=O) groups excluding carboxylic acids is 2. The van der Waals surface area contributed by atoms with Gasteiger partial charge in [-0.15, -0.1) is 0 Å². The molecular weight excluding hydrogens is 468 g/mol. The summed E-state index contributed by atoms with van der Waals surface area (Å²) in [5.74, 6) is 1.40. The van der Waals surface area contributed by atoms with Crippen molar-refractivity contribution in [1.82, 2.24) is 10.2 Å². The van der Waals surface area contributed by atoms with Crippen molar-refractivity contribution >= 4 is 11.8 Å². The molecule has 1 aromatic rings.